The highest BCUT2D eigenvalue weighted by Crippen LogP contribution is 2.30. The number of H-pyrrole nitrogens is 1. The number of imidazole rings is 1. The number of pyridine rings is 1. The van der Waals surface area contributed by atoms with Gasteiger partial charge in [-0.05, 0) is 37.4 Å². The first-order valence-corrected chi connectivity index (χ1v) is 7.74. The fraction of sp³-hybridized carbons (Fsp3) is 0.118. The number of rotatable bonds is 3. The molecule has 2 heterocycles. The number of aromatic nitrogens is 3. The molecule has 0 unspecified atom stereocenters. The van der Waals surface area contributed by atoms with E-state index >= 15 is 0 Å². The summed E-state index contributed by atoms with van der Waals surface area (Å²) in [5.74, 6) is 1.57. The van der Waals surface area contributed by atoms with Crippen LogP contribution in [0.1, 0.15) is 11.5 Å². The number of nitrogens with one attached hydrogen (secondary N) is 1. The van der Waals surface area contributed by atoms with Crippen LogP contribution in [-0.4, -0.2) is 20.0 Å². The maximum Gasteiger partial charge on any atom is 0.174 e. The van der Waals surface area contributed by atoms with Gasteiger partial charge < -0.3 is 4.98 Å². The van der Waals surface area contributed by atoms with Gasteiger partial charge in [0.15, 0.2) is 5.82 Å². The van der Waals surface area contributed by atoms with Crippen LogP contribution in [0.2, 0.25) is 0 Å². The topological polar surface area (TPSA) is 53.9 Å². The van der Waals surface area contributed by atoms with Crippen LogP contribution < -0.4 is 0 Å². The first kappa shape index (κ1) is 14.5. The van der Waals surface area contributed by atoms with Crippen LogP contribution in [0, 0.1) is 13.8 Å². The summed E-state index contributed by atoms with van der Waals surface area (Å²) in [4.78, 5) is 17.4. The summed E-state index contributed by atoms with van der Waals surface area (Å²) in [5.41, 5.74) is 0.958. The highest BCUT2D eigenvalue weighted by molar-refractivity contribution is 8.14. The average molecular weight is 308 g/mol. The van der Waals surface area contributed by atoms with E-state index in [4.69, 9.17) is 0 Å². The van der Waals surface area contributed by atoms with Crippen molar-refractivity contribution in [2.24, 2.45) is 4.99 Å². The van der Waals surface area contributed by atoms with Gasteiger partial charge in [-0.15, -0.1) is 0 Å². The number of benzene rings is 1. The highest BCUT2D eigenvalue weighted by atomic mass is 32.2. The second-order valence-electron chi connectivity index (χ2n) is 4.88. The average Bonchev–Trinajstić information content (AvgIpc) is 2.84. The van der Waals surface area contributed by atoms with Gasteiger partial charge in [-0.25, -0.2) is 9.98 Å². The molecule has 1 aromatic carbocycles. The molecular formula is C17H16N4S. The van der Waals surface area contributed by atoms with E-state index in [0.29, 0.717) is 5.82 Å². The molecule has 22 heavy (non-hydrogen) atoms. The Hall–Kier alpha value is -2.40. The summed E-state index contributed by atoms with van der Waals surface area (Å²) in [5, 5.41) is 3.09. The molecule has 4 nitrogen and oxygen atoms in total. The summed E-state index contributed by atoms with van der Waals surface area (Å²) >= 11 is 1.58. The number of hydrogen-bond donors (Lipinski definition) is 1. The monoisotopic (exact) mass is 308 g/mol. The first-order chi connectivity index (χ1) is 10.7. The second kappa shape index (κ2) is 6.15. The number of fused-ring (bicyclic) bond motifs is 1. The Morgan fingerprint density at radius 2 is 2.18 bits per heavy atom. The number of nitrogens with zero attached hydrogens (tertiary/aromatic N) is 3. The fourth-order valence-corrected chi connectivity index (χ4v) is 3.10. The maximum atomic E-state index is 4.60. The quantitative estimate of drug-likeness (QED) is 0.437. The maximum absolute atomic E-state index is 4.60. The van der Waals surface area contributed by atoms with E-state index in [0.717, 1.165) is 32.2 Å². The summed E-state index contributed by atoms with van der Waals surface area (Å²) in [6, 6.07) is 8.17. The van der Waals surface area contributed by atoms with Crippen molar-refractivity contribution in [1.82, 2.24) is 15.0 Å². The van der Waals surface area contributed by atoms with E-state index in [1.54, 1.807) is 24.0 Å². The zero-order valence-electron chi connectivity index (χ0n) is 12.5. The Kier molecular flexibility index (Phi) is 4.06. The Bertz CT molecular complexity index is 859. The van der Waals surface area contributed by atoms with Crippen LogP contribution in [-0.2, 0) is 0 Å². The third-order valence-electron chi connectivity index (χ3n) is 3.22. The van der Waals surface area contributed by atoms with Gasteiger partial charge in [0.25, 0.3) is 0 Å². The lowest BCUT2D eigenvalue weighted by Gasteiger charge is -2.05. The molecule has 110 valence electrons. The largest absolute Gasteiger partial charge is 0.344 e. The van der Waals surface area contributed by atoms with E-state index in [1.807, 2.05) is 32.2 Å². The molecular weight excluding hydrogens is 292 g/mol. The molecule has 0 spiro atoms. The van der Waals surface area contributed by atoms with Gasteiger partial charge >= 0.3 is 0 Å². The standard InChI is InChI=1S/C17H16N4S/c1-4-16(21-17-11(2)19-12(3)20-17)22-15-7-5-6-13-10-18-9-8-14(13)15/h4-10H,1H2,2-3H3,(H,19,20). The number of aliphatic imine (C=N–C) groups is 1. The van der Waals surface area contributed by atoms with E-state index in [2.05, 4.69) is 38.7 Å². The van der Waals surface area contributed by atoms with Gasteiger partial charge in [0, 0.05) is 22.7 Å². The molecule has 3 aromatic rings. The molecule has 5 heteroatoms. The van der Waals surface area contributed by atoms with Crippen LogP contribution in [0.3, 0.4) is 0 Å². The molecule has 0 aliphatic rings. The van der Waals surface area contributed by atoms with Gasteiger partial charge in [0.05, 0.1) is 5.69 Å². The van der Waals surface area contributed by atoms with Gasteiger partial charge in [-0.1, -0.05) is 30.5 Å². The summed E-state index contributed by atoms with van der Waals surface area (Å²) in [6.07, 6.45) is 5.43. The summed E-state index contributed by atoms with van der Waals surface area (Å²) in [7, 11) is 0. The first-order valence-electron chi connectivity index (χ1n) is 6.92. The Balaban J connectivity index is 1.98. The smallest absolute Gasteiger partial charge is 0.174 e. The van der Waals surface area contributed by atoms with Crippen molar-refractivity contribution in [2.45, 2.75) is 18.7 Å². The SMILES string of the molecule is C=CC(=Nc1nc(C)[nH]c1C)Sc1cccc2cnccc12. The normalized spacial score (nSPS) is 11.8. The van der Waals surface area contributed by atoms with Crippen LogP contribution in [0.4, 0.5) is 5.82 Å². The van der Waals surface area contributed by atoms with Crippen molar-refractivity contribution in [3.63, 3.8) is 0 Å². The molecule has 0 aliphatic carbocycles. The molecule has 0 saturated heterocycles. The molecule has 0 atom stereocenters. The highest BCUT2D eigenvalue weighted by Gasteiger charge is 2.07. The molecule has 0 amide bonds. The van der Waals surface area contributed by atoms with E-state index < -0.39 is 0 Å². The van der Waals surface area contributed by atoms with E-state index in [-0.39, 0.29) is 0 Å². The van der Waals surface area contributed by atoms with Gasteiger partial charge in [0.1, 0.15) is 10.9 Å². The van der Waals surface area contributed by atoms with Crippen LogP contribution in [0.15, 0.2) is 59.2 Å². The third-order valence-corrected chi connectivity index (χ3v) is 4.27. The van der Waals surface area contributed by atoms with Crippen molar-refractivity contribution < 1.29 is 0 Å². The van der Waals surface area contributed by atoms with Crippen LogP contribution in [0.5, 0.6) is 0 Å². The predicted octanol–water partition coefficient (Wildman–Crippen LogP) is 4.58. The summed E-state index contributed by atoms with van der Waals surface area (Å²) < 4.78 is 0. The molecule has 2 aromatic heterocycles. The minimum absolute atomic E-state index is 0.710. The second-order valence-corrected chi connectivity index (χ2v) is 5.94. The van der Waals surface area contributed by atoms with E-state index in [1.165, 1.54) is 0 Å². The van der Waals surface area contributed by atoms with Crippen LogP contribution in [0.25, 0.3) is 10.8 Å². The fourth-order valence-electron chi connectivity index (χ4n) is 2.22. The lowest BCUT2D eigenvalue weighted by Crippen LogP contribution is -1.88. The van der Waals surface area contributed by atoms with Crippen LogP contribution >= 0.6 is 11.8 Å². The Labute approximate surface area is 133 Å². The van der Waals surface area contributed by atoms with Crippen molar-refractivity contribution >= 4 is 33.4 Å². The zero-order valence-corrected chi connectivity index (χ0v) is 13.3. The number of hydrogen-bond acceptors (Lipinski definition) is 4. The Morgan fingerprint density at radius 3 is 2.91 bits per heavy atom. The van der Waals surface area contributed by atoms with Crippen molar-refractivity contribution in [2.75, 3.05) is 0 Å². The van der Waals surface area contributed by atoms with Crippen molar-refractivity contribution in [3.05, 3.63) is 60.8 Å². The van der Waals surface area contributed by atoms with Crippen molar-refractivity contribution in [3.8, 4) is 0 Å². The molecule has 0 fully saturated rings. The number of thioether (sulfide) groups is 1. The summed E-state index contributed by atoms with van der Waals surface area (Å²) in [6.45, 7) is 7.76. The van der Waals surface area contributed by atoms with Gasteiger partial charge in [0.2, 0.25) is 0 Å². The lowest BCUT2D eigenvalue weighted by molar-refractivity contribution is 1.13. The molecule has 0 aliphatic heterocycles. The minimum atomic E-state index is 0.710. The minimum Gasteiger partial charge on any atom is -0.344 e. The number of aromatic amines is 1. The number of aryl methyl sites for hydroxylation is 2. The molecule has 0 saturated carbocycles. The zero-order chi connectivity index (χ0) is 15.5. The predicted molar refractivity (Wildman–Crippen MR) is 93.0 cm³/mol. The van der Waals surface area contributed by atoms with Gasteiger partial charge in [-0.3, -0.25) is 4.98 Å². The lowest BCUT2D eigenvalue weighted by atomic mass is 10.2. The molecule has 1 N–H and O–H groups in total. The van der Waals surface area contributed by atoms with E-state index in [9.17, 15) is 0 Å². The third kappa shape index (κ3) is 2.94. The molecule has 0 bridgehead atoms. The molecule has 3 rings (SSSR count). The van der Waals surface area contributed by atoms with Gasteiger partial charge in [-0.2, -0.15) is 0 Å². The van der Waals surface area contributed by atoms with Crippen molar-refractivity contribution in [1.29, 1.82) is 0 Å². The molecule has 0 radical (unpaired) electrons. The Morgan fingerprint density at radius 1 is 1.32 bits per heavy atom.